The van der Waals surface area contributed by atoms with Crippen LogP contribution in [0.25, 0.3) is 5.57 Å². The van der Waals surface area contributed by atoms with Gasteiger partial charge in [0.15, 0.2) is 0 Å². The summed E-state index contributed by atoms with van der Waals surface area (Å²) in [5, 5.41) is 0. The minimum atomic E-state index is 0.977. The molecule has 1 nitrogen and oxygen atoms in total. The van der Waals surface area contributed by atoms with E-state index in [1.807, 2.05) is 0 Å². The lowest BCUT2D eigenvalue weighted by Crippen LogP contribution is -2.34. The summed E-state index contributed by atoms with van der Waals surface area (Å²) < 4.78 is 0. The molecule has 4 rings (SSSR count). The maximum absolute atomic E-state index is 2.68. The Hall–Kier alpha value is -1.86. The van der Waals surface area contributed by atoms with Crippen molar-refractivity contribution in [1.82, 2.24) is 4.90 Å². The van der Waals surface area contributed by atoms with Crippen LogP contribution < -0.4 is 0 Å². The lowest BCUT2D eigenvalue weighted by molar-refractivity contribution is 0.181. The normalized spacial score (nSPS) is 17.9. The first kappa shape index (κ1) is 18.5. The van der Waals surface area contributed by atoms with E-state index in [0.717, 1.165) is 25.2 Å². The second kappa shape index (κ2) is 8.89. The van der Waals surface area contributed by atoms with E-state index < -0.39 is 0 Å². The van der Waals surface area contributed by atoms with E-state index >= 15 is 0 Å². The van der Waals surface area contributed by atoms with E-state index in [0.29, 0.717) is 0 Å². The zero-order chi connectivity index (χ0) is 18.5. The number of nitrogens with zero attached hydrogens (tertiary/aromatic N) is 1. The van der Waals surface area contributed by atoms with Gasteiger partial charge in [-0.25, -0.2) is 0 Å². The number of rotatable bonds is 5. The quantitative estimate of drug-likeness (QED) is 0.621. The van der Waals surface area contributed by atoms with Crippen LogP contribution in [-0.2, 0) is 12.8 Å². The Balaban J connectivity index is 1.49. The van der Waals surface area contributed by atoms with Gasteiger partial charge < -0.3 is 4.90 Å². The molecule has 0 saturated carbocycles. The fraction of sp³-hybridized carbons (Fsp3) is 0.462. The number of fused-ring (bicyclic) bond motifs is 2. The van der Waals surface area contributed by atoms with Crippen LogP contribution >= 0.6 is 0 Å². The molecule has 1 saturated heterocycles. The zero-order valence-corrected chi connectivity index (χ0v) is 16.8. The summed E-state index contributed by atoms with van der Waals surface area (Å²) in [5.41, 5.74) is 7.36. The average Bonchev–Trinajstić information content (AvgIpc) is 2.87. The van der Waals surface area contributed by atoms with Gasteiger partial charge in [-0.05, 0) is 78.9 Å². The predicted molar refractivity (Wildman–Crippen MR) is 116 cm³/mol. The first-order valence-corrected chi connectivity index (χ1v) is 10.9. The largest absolute Gasteiger partial charge is 0.303 e. The predicted octanol–water partition coefficient (Wildman–Crippen LogP) is 6.12. The van der Waals surface area contributed by atoms with Crippen LogP contribution in [0.2, 0.25) is 0 Å². The van der Waals surface area contributed by atoms with Crippen molar-refractivity contribution in [2.24, 2.45) is 5.92 Å². The smallest absolute Gasteiger partial charge is 0.00162 e. The summed E-state index contributed by atoms with van der Waals surface area (Å²) in [6, 6.07) is 18.0. The Labute approximate surface area is 165 Å². The lowest BCUT2D eigenvalue weighted by Gasteiger charge is -2.31. The molecular formula is C26H33N. The standard InChI is InChI=1S/C26H33N/c1-2-8-21-16-19-27(20-17-21)18-7-13-26-24-11-5-3-9-22(24)14-15-23-10-4-6-12-25(23)26/h3-6,9-13,21H,2,7-8,14-20H2,1H3. The molecule has 0 N–H and O–H groups in total. The Morgan fingerprint density at radius 3 is 2.07 bits per heavy atom. The fourth-order valence-corrected chi connectivity index (χ4v) is 4.93. The molecule has 0 unspecified atom stereocenters. The third-order valence-corrected chi connectivity index (χ3v) is 6.48. The topological polar surface area (TPSA) is 3.24 Å². The van der Waals surface area contributed by atoms with Crippen molar-refractivity contribution in [1.29, 1.82) is 0 Å². The molecule has 0 spiro atoms. The summed E-state index contributed by atoms with van der Waals surface area (Å²) >= 11 is 0. The van der Waals surface area contributed by atoms with Crippen LogP contribution in [0.4, 0.5) is 0 Å². The molecule has 27 heavy (non-hydrogen) atoms. The highest BCUT2D eigenvalue weighted by atomic mass is 15.1. The Morgan fingerprint density at radius 1 is 0.889 bits per heavy atom. The first-order valence-electron chi connectivity index (χ1n) is 10.9. The van der Waals surface area contributed by atoms with E-state index in [1.54, 1.807) is 0 Å². The van der Waals surface area contributed by atoms with Crippen molar-refractivity contribution in [2.45, 2.75) is 51.9 Å². The minimum absolute atomic E-state index is 0.977. The maximum Gasteiger partial charge on any atom is 0.00162 e. The molecule has 0 amide bonds. The van der Waals surface area contributed by atoms with Gasteiger partial charge in [0.05, 0.1) is 0 Å². The average molecular weight is 360 g/mol. The van der Waals surface area contributed by atoms with Crippen molar-refractivity contribution in [3.05, 3.63) is 76.9 Å². The fourth-order valence-electron chi connectivity index (χ4n) is 4.93. The summed E-state index contributed by atoms with van der Waals surface area (Å²) in [7, 11) is 0. The molecule has 0 atom stereocenters. The summed E-state index contributed by atoms with van der Waals surface area (Å²) in [4.78, 5) is 2.68. The molecule has 1 heteroatoms. The lowest BCUT2D eigenvalue weighted by atomic mass is 9.92. The number of hydrogen-bond acceptors (Lipinski definition) is 1. The molecular weight excluding hydrogens is 326 g/mol. The second-order valence-corrected chi connectivity index (χ2v) is 8.29. The van der Waals surface area contributed by atoms with Gasteiger partial charge in [-0.2, -0.15) is 0 Å². The Morgan fingerprint density at radius 2 is 1.48 bits per heavy atom. The van der Waals surface area contributed by atoms with E-state index in [4.69, 9.17) is 0 Å². The summed E-state index contributed by atoms with van der Waals surface area (Å²) in [5.74, 6) is 0.977. The van der Waals surface area contributed by atoms with Crippen molar-refractivity contribution in [3.63, 3.8) is 0 Å². The van der Waals surface area contributed by atoms with Gasteiger partial charge in [0.25, 0.3) is 0 Å². The molecule has 1 aliphatic heterocycles. The van der Waals surface area contributed by atoms with Crippen molar-refractivity contribution < 1.29 is 0 Å². The molecule has 1 aliphatic carbocycles. The number of piperidine rings is 1. The van der Waals surface area contributed by atoms with E-state index in [2.05, 4.69) is 66.4 Å². The molecule has 2 aliphatic rings. The minimum Gasteiger partial charge on any atom is -0.303 e. The molecule has 0 bridgehead atoms. The molecule has 1 fully saturated rings. The number of benzene rings is 2. The van der Waals surface area contributed by atoms with Gasteiger partial charge in [-0.15, -0.1) is 0 Å². The second-order valence-electron chi connectivity index (χ2n) is 8.29. The van der Waals surface area contributed by atoms with Gasteiger partial charge in [0.2, 0.25) is 0 Å². The molecule has 0 radical (unpaired) electrons. The SMILES string of the molecule is CCCC1CCN(CCC=C2c3ccccc3CCc3ccccc32)CC1. The summed E-state index contributed by atoms with van der Waals surface area (Å²) in [6.07, 6.45) is 11.5. The third-order valence-electron chi connectivity index (χ3n) is 6.48. The van der Waals surface area contributed by atoms with Crippen LogP contribution in [0.3, 0.4) is 0 Å². The monoisotopic (exact) mass is 359 g/mol. The van der Waals surface area contributed by atoms with Gasteiger partial charge in [-0.3, -0.25) is 0 Å². The highest BCUT2D eigenvalue weighted by molar-refractivity contribution is 5.83. The van der Waals surface area contributed by atoms with Crippen LogP contribution in [0.5, 0.6) is 0 Å². The third kappa shape index (κ3) is 4.35. The van der Waals surface area contributed by atoms with E-state index in [9.17, 15) is 0 Å². The van der Waals surface area contributed by atoms with Gasteiger partial charge in [0, 0.05) is 6.54 Å². The van der Waals surface area contributed by atoms with Crippen molar-refractivity contribution >= 4 is 5.57 Å². The molecule has 2 aromatic carbocycles. The maximum atomic E-state index is 2.68. The highest BCUT2D eigenvalue weighted by Gasteiger charge is 2.19. The zero-order valence-electron chi connectivity index (χ0n) is 16.8. The van der Waals surface area contributed by atoms with Gasteiger partial charge in [-0.1, -0.05) is 74.4 Å². The number of aryl methyl sites for hydroxylation is 2. The van der Waals surface area contributed by atoms with Gasteiger partial charge in [0.1, 0.15) is 0 Å². The van der Waals surface area contributed by atoms with Gasteiger partial charge >= 0.3 is 0 Å². The van der Waals surface area contributed by atoms with Crippen LogP contribution in [-0.4, -0.2) is 24.5 Å². The Bertz CT molecular complexity index is 731. The molecule has 1 heterocycles. The van der Waals surface area contributed by atoms with Crippen LogP contribution in [0.15, 0.2) is 54.6 Å². The first-order chi connectivity index (χ1) is 13.3. The van der Waals surface area contributed by atoms with Crippen molar-refractivity contribution in [3.8, 4) is 0 Å². The number of likely N-dealkylation sites (tertiary alicyclic amines) is 1. The molecule has 0 aromatic heterocycles. The summed E-state index contributed by atoms with van der Waals surface area (Å²) in [6.45, 7) is 6.11. The van der Waals surface area contributed by atoms with E-state index in [-0.39, 0.29) is 0 Å². The van der Waals surface area contributed by atoms with E-state index in [1.165, 1.54) is 73.1 Å². The number of hydrogen-bond donors (Lipinski definition) is 0. The Kier molecular flexibility index (Phi) is 6.09. The van der Waals surface area contributed by atoms with Crippen LogP contribution in [0, 0.1) is 5.92 Å². The molecule has 142 valence electrons. The van der Waals surface area contributed by atoms with Crippen LogP contribution in [0.1, 0.15) is 61.3 Å². The van der Waals surface area contributed by atoms with Crippen molar-refractivity contribution in [2.75, 3.05) is 19.6 Å². The molecule has 2 aromatic rings. The highest BCUT2D eigenvalue weighted by Crippen LogP contribution is 2.33.